The standard InChI is InChI=1S/C12H18N2O/c1-12(2)8-14(3)11-9(13-12)6-5-7-10(11)15-4/h5-7,13H,8H2,1-4H3. The van der Waals surface area contributed by atoms with Crippen LogP contribution in [0.25, 0.3) is 0 Å². The average molecular weight is 206 g/mol. The van der Waals surface area contributed by atoms with Gasteiger partial charge in [-0.15, -0.1) is 0 Å². The molecule has 1 aromatic carbocycles. The quantitative estimate of drug-likeness (QED) is 0.763. The van der Waals surface area contributed by atoms with Crippen LogP contribution < -0.4 is 15.0 Å². The second-order valence-corrected chi connectivity index (χ2v) is 4.72. The molecule has 0 amide bonds. The van der Waals surface area contributed by atoms with Gasteiger partial charge in [-0.2, -0.15) is 0 Å². The molecule has 2 rings (SSSR count). The lowest BCUT2D eigenvalue weighted by Crippen LogP contribution is -2.47. The summed E-state index contributed by atoms with van der Waals surface area (Å²) in [6, 6.07) is 6.10. The number of anilines is 2. The Hall–Kier alpha value is -1.38. The van der Waals surface area contributed by atoms with Gasteiger partial charge >= 0.3 is 0 Å². The predicted molar refractivity (Wildman–Crippen MR) is 64.0 cm³/mol. The third-order valence-corrected chi connectivity index (χ3v) is 2.71. The molecule has 0 saturated heterocycles. The molecule has 0 aromatic heterocycles. The molecule has 0 unspecified atom stereocenters. The van der Waals surface area contributed by atoms with Crippen molar-refractivity contribution in [1.29, 1.82) is 0 Å². The number of ether oxygens (including phenoxy) is 1. The third-order valence-electron chi connectivity index (χ3n) is 2.71. The van der Waals surface area contributed by atoms with E-state index in [9.17, 15) is 0 Å². The first-order chi connectivity index (χ1) is 7.03. The maximum Gasteiger partial charge on any atom is 0.144 e. The number of para-hydroxylation sites is 1. The van der Waals surface area contributed by atoms with E-state index in [0.717, 1.165) is 23.7 Å². The maximum atomic E-state index is 5.37. The Morgan fingerprint density at radius 1 is 1.40 bits per heavy atom. The topological polar surface area (TPSA) is 24.5 Å². The number of likely N-dealkylation sites (N-methyl/N-ethyl adjacent to an activating group) is 1. The van der Waals surface area contributed by atoms with Gasteiger partial charge in [-0.25, -0.2) is 0 Å². The van der Waals surface area contributed by atoms with Crippen LogP contribution >= 0.6 is 0 Å². The summed E-state index contributed by atoms with van der Waals surface area (Å²) >= 11 is 0. The molecule has 0 saturated carbocycles. The van der Waals surface area contributed by atoms with Gasteiger partial charge in [0.05, 0.1) is 12.8 Å². The minimum Gasteiger partial charge on any atom is -0.495 e. The van der Waals surface area contributed by atoms with Crippen LogP contribution in [0.3, 0.4) is 0 Å². The monoisotopic (exact) mass is 206 g/mol. The molecule has 1 aliphatic heterocycles. The Kier molecular flexibility index (Phi) is 2.25. The van der Waals surface area contributed by atoms with E-state index >= 15 is 0 Å². The highest BCUT2D eigenvalue weighted by Crippen LogP contribution is 2.40. The number of nitrogens with one attached hydrogen (secondary N) is 1. The lowest BCUT2D eigenvalue weighted by Gasteiger charge is -2.40. The van der Waals surface area contributed by atoms with Gasteiger partial charge in [0.15, 0.2) is 0 Å². The zero-order valence-electron chi connectivity index (χ0n) is 9.79. The molecular formula is C12H18N2O. The molecule has 0 aliphatic carbocycles. The molecule has 1 heterocycles. The SMILES string of the molecule is COc1cccc2c1N(C)CC(C)(C)N2. The van der Waals surface area contributed by atoms with Crippen molar-refractivity contribution in [3.8, 4) is 5.75 Å². The lowest BCUT2D eigenvalue weighted by atomic mass is 9.99. The summed E-state index contributed by atoms with van der Waals surface area (Å²) in [5.41, 5.74) is 2.40. The van der Waals surface area contributed by atoms with Crippen LogP contribution in [0.5, 0.6) is 5.75 Å². The van der Waals surface area contributed by atoms with Gasteiger partial charge in [0, 0.05) is 19.1 Å². The Morgan fingerprint density at radius 3 is 2.80 bits per heavy atom. The lowest BCUT2D eigenvalue weighted by molar-refractivity contribution is 0.412. The minimum atomic E-state index is 0.105. The number of hydrogen-bond acceptors (Lipinski definition) is 3. The summed E-state index contributed by atoms with van der Waals surface area (Å²) in [7, 11) is 3.81. The van der Waals surface area contributed by atoms with Crippen LogP contribution in [0.4, 0.5) is 11.4 Å². The molecule has 0 radical (unpaired) electrons. The van der Waals surface area contributed by atoms with E-state index in [-0.39, 0.29) is 5.54 Å². The van der Waals surface area contributed by atoms with Crippen molar-refractivity contribution in [2.75, 3.05) is 30.9 Å². The van der Waals surface area contributed by atoms with Gasteiger partial charge in [-0.3, -0.25) is 0 Å². The fourth-order valence-electron chi connectivity index (χ4n) is 2.26. The van der Waals surface area contributed by atoms with Gasteiger partial charge < -0.3 is 15.0 Å². The Balaban J connectivity index is 2.49. The predicted octanol–water partition coefficient (Wildman–Crippen LogP) is 2.34. The summed E-state index contributed by atoms with van der Waals surface area (Å²) in [5.74, 6) is 0.929. The van der Waals surface area contributed by atoms with Crippen molar-refractivity contribution in [2.24, 2.45) is 0 Å². The number of hydrogen-bond donors (Lipinski definition) is 1. The zero-order valence-corrected chi connectivity index (χ0v) is 9.79. The van der Waals surface area contributed by atoms with E-state index in [1.54, 1.807) is 7.11 Å². The fourth-order valence-corrected chi connectivity index (χ4v) is 2.26. The first-order valence-electron chi connectivity index (χ1n) is 5.20. The Morgan fingerprint density at radius 2 is 2.13 bits per heavy atom. The number of benzene rings is 1. The van der Waals surface area contributed by atoms with Crippen LogP contribution in [-0.2, 0) is 0 Å². The van der Waals surface area contributed by atoms with Crippen molar-refractivity contribution in [2.45, 2.75) is 19.4 Å². The molecule has 82 valence electrons. The average Bonchev–Trinajstić information content (AvgIpc) is 2.14. The summed E-state index contributed by atoms with van der Waals surface area (Å²) in [5, 5.41) is 3.52. The van der Waals surface area contributed by atoms with E-state index in [1.807, 2.05) is 12.1 Å². The van der Waals surface area contributed by atoms with Crippen LogP contribution in [0, 0.1) is 0 Å². The molecule has 3 heteroatoms. The molecule has 0 fully saturated rings. The second kappa shape index (κ2) is 3.33. The van der Waals surface area contributed by atoms with E-state index in [1.165, 1.54) is 0 Å². The molecule has 0 atom stereocenters. The number of nitrogens with zero attached hydrogens (tertiary/aromatic N) is 1. The van der Waals surface area contributed by atoms with Gasteiger partial charge in [0.2, 0.25) is 0 Å². The van der Waals surface area contributed by atoms with Crippen LogP contribution in [0.1, 0.15) is 13.8 Å². The molecule has 15 heavy (non-hydrogen) atoms. The maximum absolute atomic E-state index is 5.37. The Bertz CT molecular complexity index is 374. The normalized spacial score (nSPS) is 18.0. The summed E-state index contributed by atoms with van der Waals surface area (Å²) in [6.45, 7) is 5.37. The Labute approximate surface area is 91.0 Å². The van der Waals surface area contributed by atoms with E-state index in [4.69, 9.17) is 4.74 Å². The fraction of sp³-hybridized carbons (Fsp3) is 0.500. The molecule has 1 N–H and O–H groups in total. The molecule has 3 nitrogen and oxygen atoms in total. The second-order valence-electron chi connectivity index (χ2n) is 4.72. The highest BCUT2D eigenvalue weighted by molar-refractivity contribution is 5.79. The van der Waals surface area contributed by atoms with Gasteiger partial charge in [0.1, 0.15) is 11.4 Å². The zero-order chi connectivity index (χ0) is 11.1. The van der Waals surface area contributed by atoms with E-state index in [2.05, 4.69) is 37.2 Å². The van der Waals surface area contributed by atoms with Crippen molar-refractivity contribution in [3.05, 3.63) is 18.2 Å². The minimum absolute atomic E-state index is 0.105. The molecule has 0 spiro atoms. The molecule has 1 aliphatic rings. The highest BCUT2D eigenvalue weighted by Gasteiger charge is 2.29. The van der Waals surface area contributed by atoms with Gasteiger partial charge in [0.25, 0.3) is 0 Å². The van der Waals surface area contributed by atoms with E-state index < -0.39 is 0 Å². The van der Waals surface area contributed by atoms with E-state index in [0.29, 0.717) is 0 Å². The first kappa shape index (κ1) is 10.1. The molecule has 0 bridgehead atoms. The summed E-state index contributed by atoms with van der Waals surface area (Å²) < 4.78 is 5.37. The van der Waals surface area contributed by atoms with Gasteiger partial charge in [-0.05, 0) is 26.0 Å². The number of rotatable bonds is 1. The molecular weight excluding hydrogens is 188 g/mol. The highest BCUT2D eigenvalue weighted by atomic mass is 16.5. The number of methoxy groups -OCH3 is 1. The van der Waals surface area contributed by atoms with Crippen LogP contribution in [-0.4, -0.2) is 26.2 Å². The van der Waals surface area contributed by atoms with Crippen molar-refractivity contribution >= 4 is 11.4 Å². The van der Waals surface area contributed by atoms with Crippen molar-refractivity contribution < 1.29 is 4.74 Å². The summed E-state index contributed by atoms with van der Waals surface area (Å²) in [6.07, 6.45) is 0. The van der Waals surface area contributed by atoms with Crippen LogP contribution in [0.2, 0.25) is 0 Å². The smallest absolute Gasteiger partial charge is 0.144 e. The first-order valence-corrected chi connectivity index (χ1v) is 5.20. The molecule has 1 aromatic rings. The number of fused-ring (bicyclic) bond motifs is 1. The largest absolute Gasteiger partial charge is 0.495 e. The van der Waals surface area contributed by atoms with Crippen LogP contribution in [0.15, 0.2) is 18.2 Å². The summed E-state index contributed by atoms with van der Waals surface area (Å²) in [4.78, 5) is 2.24. The van der Waals surface area contributed by atoms with Gasteiger partial charge in [-0.1, -0.05) is 6.07 Å². The van der Waals surface area contributed by atoms with Crippen molar-refractivity contribution in [1.82, 2.24) is 0 Å². The van der Waals surface area contributed by atoms with Crippen molar-refractivity contribution in [3.63, 3.8) is 0 Å². The third kappa shape index (κ3) is 1.74.